The molecule has 0 atom stereocenters. The Morgan fingerprint density at radius 3 is 2.44 bits per heavy atom. The molecule has 2 heterocycles. The van der Waals surface area contributed by atoms with Gasteiger partial charge >= 0.3 is 0 Å². The Bertz CT molecular complexity index is 1080. The highest BCUT2D eigenvalue weighted by Crippen LogP contribution is 2.20. The first-order valence-electron chi connectivity index (χ1n) is 8.47. The van der Waals surface area contributed by atoms with E-state index in [2.05, 4.69) is 20.5 Å². The number of carbonyl (C=O) groups excluding carboxylic acids is 1. The van der Waals surface area contributed by atoms with Crippen LogP contribution in [0.15, 0.2) is 67.0 Å². The quantitative estimate of drug-likeness (QED) is 0.607. The molecule has 0 spiro atoms. The molecule has 0 unspecified atom stereocenters. The number of carbonyl (C=O) groups is 1. The van der Waals surface area contributed by atoms with Crippen LogP contribution in [0.25, 0.3) is 17.2 Å². The van der Waals surface area contributed by atoms with Gasteiger partial charge in [-0.15, -0.1) is 10.2 Å². The number of aromatic nitrogens is 4. The minimum Gasteiger partial charge on any atom is -0.378 e. The first-order valence-corrected chi connectivity index (χ1v) is 8.47. The highest BCUT2D eigenvalue weighted by molar-refractivity contribution is 6.04. The van der Waals surface area contributed by atoms with Crippen LogP contribution in [0.1, 0.15) is 10.4 Å². The number of nitrogens with zero attached hydrogens (tertiary/aromatic N) is 5. The van der Waals surface area contributed by atoms with E-state index in [1.807, 2.05) is 67.7 Å². The third-order valence-electron chi connectivity index (χ3n) is 4.24. The summed E-state index contributed by atoms with van der Waals surface area (Å²) in [7, 11) is 3.95. The SMILES string of the molecule is CN(C)c1ccc(NC(=O)c2ccc(-c3nnc4ncccn34)cc2)cc1. The minimum absolute atomic E-state index is 0.160. The first-order chi connectivity index (χ1) is 13.1. The molecule has 0 radical (unpaired) electrons. The van der Waals surface area contributed by atoms with Crippen molar-refractivity contribution in [3.63, 3.8) is 0 Å². The van der Waals surface area contributed by atoms with E-state index in [4.69, 9.17) is 0 Å². The highest BCUT2D eigenvalue weighted by Gasteiger charge is 2.10. The molecule has 0 fully saturated rings. The summed E-state index contributed by atoms with van der Waals surface area (Å²) in [5.41, 5.74) is 3.27. The molecule has 1 amide bonds. The molecule has 0 aliphatic heterocycles. The summed E-state index contributed by atoms with van der Waals surface area (Å²) in [5.74, 6) is 1.06. The molecule has 4 rings (SSSR count). The number of nitrogens with one attached hydrogen (secondary N) is 1. The van der Waals surface area contributed by atoms with Gasteiger partial charge in [0.1, 0.15) is 0 Å². The van der Waals surface area contributed by atoms with E-state index in [1.54, 1.807) is 22.7 Å². The van der Waals surface area contributed by atoms with Crippen molar-refractivity contribution < 1.29 is 4.79 Å². The van der Waals surface area contributed by atoms with Crippen molar-refractivity contribution in [1.29, 1.82) is 0 Å². The maximum absolute atomic E-state index is 12.5. The van der Waals surface area contributed by atoms with Gasteiger partial charge in [-0.3, -0.25) is 9.20 Å². The van der Waals surface area contributed by atoms with Crippen molar-refractivity contribution in [2.75, 3.05) is 24.3 Å². The van der Waals surface area contributed by atoms with Crippen molar-refractivity contribution >= 4 is 23.1 Å². The largest absolute Gasteiger partial charge is 0.378 e. The Balaban J connectivity index is 1.52. The fraction of sp³-hybridized carbons (Fsp3) is 0.100. The summed E-state index contributed by atoms with van der Waals surface area (Å²) < 4.78 is 1.81. The maximum Gasteiger partial charge on any atom is 0.255 e. The number of amides is 1. The van der Waals surface area contributed by atoms with E-state index >= 15 is 0 Å². The van der Waals surface area contributed by atoms with Crippen LogP contribution in [0.5, 0.6) is 0 Å². The predicted octanol–water partition coefficient (Wildman–Crippen LogP) is 3.11. The van der Waals surface area contributed by atoms with E-state index < -0.39 is 0 Å². The number of rotatable bonds is 4. The lowest BCUT2D eigenvalue weighted by Crippen LogP contribution is -2.12. The predicted molar refractivity (Wildman–Crippen MR) is 105 cm³/mol. The molecule has 4 aromatic rings. The van der Waals surface area contributed by atoms with Crippen molar-refractivity contribution in [3.8, 4) is 11.4 Å². The molecule has 27 heavy (non-hydrogen) atoms. The molecular weight excluding hydrogens is 340 g/mol. The first kappa shape index (κ1) is 16.7. The third-order valence-corrected chi connectivity index (χ3v) is 4.24. The molecule has 7 heteroatoms. The van der Waals surface area contributed by atoms with E-state index in [0.29, 0.717) is 17.2 Å². The molecule has 0 aliphatic carbocycles. The lowest BCUT2D eigenvalue weighted by atomic mass is 10.1. The van der Waals surface area contributed by atoms with Crippen molar-refractivity contribution in [3.05, 3.63) is 72.6 Å². The second-order valence-electron chi connectivity index (χ2n) is 6.29. The fourth-order valence-corrected chi connectivity index (χ4v) is 2.76. The molecule has 7 nitrogen and oxygen atoms in total. The second-order valence-corrected chi connectivity index (χ2v) is 6.29. The zero-order chi connectivity index (χ0) is 18.8. The number of hydrogen-bond donors (Lipinski definition) is 1. The van der Waals surface area contributed by atoms with E-state index in [9.17, 15) is 4.79 Å². The van der Waals surface area contributed by atoms with Crippen molar-refractivity contribution in [2.24, 2.45) is 0 Å². The van der Waals surface area contributed by atoms with Crippen LogP contribution < -0.4 is 10.2 Å². The third kappa shape index (κ3) is 3.35. The van der Waals surface area contributed by atoms with E-state index in [-0.39, 0.29) is 5.91 Å². The second kappa shape index (κ2) is 6.87. The zero-order valence-electron chi connectivity index (χ0n) is 15.0. The summed E-state index contributed by atoms with van der Waals surface area (Å²) in [4.78, 5) is 18.6. The zero-order valence-corrected chi connectivity index (χ0v) is 15.0. The fourth-order valence-electron chi connectivity index (χ4n) is 2.76. The number of hydrogen-bond acceptors (Lipinski definition) is 5. The summed E-state index contributed by atoms with van der Waals surface area (Å²) >= 11 is 0. The Morgan fingerprint density at radius 1 is 1.00 bits per heavy atom. The maximum atomic E-state index is 12.5. The number of anilines is 2. The van der Waals surface area contributed by atoms with Gasteiger partial charge in [-0.05, 0) is 42.5 Å². The van der Waals surface area contributed by atoms with E-state index in [0.717, 1.165) is 16.9 Å². The van der Waals surface area contributed by atoms with Crippen LogP contribution in [0, 0.1) is 0 Å². The monoisotopic (exact) mass is 358 g/mol. The lowest BCUT2D eigenvalue weighted by molar-refractivity contribution is 0.102. The molecule has 0 saturated heterocycles. The Labute approximate surface area is 156 Å². The molecule has 2 aromatic carbocycles. The van der Waals surface area contributed by atoms with Crippen LogP contribution in [-0.4, -0.2) is 39.6 Å². The Morgan fingerprint density at radius 2 is 1.74 bits per heavy atom. The van der Waals surface area contributed by atoms with Crippen LogP contribution in [0.2, 0.25) is 0 Å². The highest BCUT2D eigenvalue weighted by atomic mass is 16.1. The van der Waals surface area contributed by atoms with Crippen LogP contribution >= 0.6 is 0 Å². The summed E-state index contributed by atoms with van der Waals surface area (Å²) in [5, 5.41) is 11.1. The molecule has 2 aromatic heterocycles. The van der Waals surface area contributed by atoms with Gasteiger partial charge in [0.2, 0.25) is 0 Å². The van der Waals surface area contributed by atoms with Gasteiger partial charge in [0, 0.05) is 49.0 Å². The minimum atomic E-state index is -0.160. The Kier molecular flexibility index (Phi) is 4.25. The number of benzene rings is 2. The standard InChI is InChI=1S/C20H18N6O/c1-25(2)17-10-8-16(9-11-17)22-19(27)15-6-4-14(5-7-15)18-23-24-20-21-12-3-13-26(18)20/h3-13H,1-2H3,(H,22,27). The van der Waals surface area contributed by atoms with Gasteiger partial charge in [-0.1, -0.05) is 12.1 Å². The van der Waals surface area contributed by atoms with Gasteiger partial charge in [-0.25, -0.2) is 4.98 Å². The van der Waals surface area contributed by atoms with Gasteiger partial charge < -0.3 is 10.2 Å². The number of fused-ring (bicyclic) bond motifs is 1. The summed E-state index contributed by atoms with van der Waals surface area (Å²) in [6.07, 6.45) is 3.53. The topological polar surface area (TPSA) is 75.4 Å². The summed E-state index contributed by atoms with van der Waals surface area (Å²) in [6, 6.07) is 16.8. The summed E-state index contributed by atoms with van der Waals surface area (Å²) in [6.45, 7) is 0. The average molecular weight is 358 g/mol. The van der Waals surface area contributed by atoms with Gasteiger partial charge in [0.25, 0.3) is 11.7 Å². The molecule has 1 N–H and O–H groups in total. The lowest BCUT2D eigenvalue weighted by Gasteiger charge is -2.13. The average Bonchev–Trinajstić information content (AvgIpc) is 3.12. The Hall–Kier alpha value is -3.74. The van der Waals surface area contributed by atoms with Crippen molar-refractivity contribution in [1.82, 2.24) is 19.6 Å². The molecule has 0 aliphatic rings. The van der Waals surface area contributed by atoms with Gasteiger partial charge in [0.15, 0.2) is 5.82 Å². The van der Waals surface area contributed by atoms with Crippen LogP contribution in [0.3, 0.4) is 0 Å². The van der Waals surface area contributed by atoms with E-state index in [1.165, 1.54) is 0 Å². The van der Waals surface area contributed by atoms with Crippen LogP contribution in [-0.2, 0) is 0 Å². The smallest absolute Gasteiger partial charge is 0.255 e. The molecular formula is C20H18N6O. The molecule has 134 valence electrons. The van der Waals surface area contributed by atoms with Gasteiger partial charge in [0.05, 0.1) is 0 Å². The van der Waals surface area contributed by atoms with Crippen LogP contribution in [0.4, 0.5) is 11.4 Å². The van der Waals surface area contributed by atoms with Crippen molar-refractivity contribution in [2.45, 2.75) is 0 Å². The molecule has 0 saturated carbocycles. The van der Waals surface area contributed by atoms with Gasteiger partial charge in [-0.2, -0.15) is 0 Å². The normalized spacial score (nSPS) is 10.7. The molecule has 0 bridgehead atoms.